The first kappa shape index (κ1) is 20.5. The maximum Gasteiger partial charge on any atom is 0.223 e. The van der Waals surface area contributed by atoms with E-state index in [1.54, 1.807) is 18.2 Å². The number of nitrogens with zero attached hydrogens (tertiary/aromatic N) is 2. The lowest BCUT2D eigenvalue weighted by molar-refractivity contribution is 0.102. The van der Waals surface area contributed by atoms with Crippen molar-refractivity contribution in [3.05, 3.63) is 42.6 Å². The molecule has 2 unspecified atom stereocenters. The van der Waals surface area contributed by atoms with Gasteiger partial charge in [-0.1, -0.05) is 6.07 Å². The molecule has 0 spiro atoms. The molecule has 0 bridgehead atoms. The molecule has 1 N–H and O–H groups in total. The summed E-state index contributed by atoms with van der Waals surface area (Å²) in [5.74, 6) is 0.471. The van der Waals surface area contributed by atoms with Crippen molar-refractivity contribution in [2.45, 2.75) is 48.4 Å². The molecule has 8 heteroatoms. The first-order valence-electron chi connectivity index (χ1n) is 9.31. The second kappa shape index (κ2) is 8.45. The van der Waals surface area contributed by atoms with E-state index in [2.05, 4.69) is 29.0 Å². The highest BCUT2D eigenvalue weighted by Gasteiger charge is 2.31. The number of likely N-dealkylation sites (tertiary alicyclic amines) is 1. The number of hydrogen-bond acceptors (Lipinski definition) is 6. The van der Waals surface area contributed by atoms with Gasteiger partial charge in [0, 0.05) is 25.3 Å². The molecule has 1 aromatic carbocycles. The average molecular weight is 408 g/mol. The van der Waals surface area contributed by atoms with Gasteiger partial charge in [0.15, 0.2) is 5.03 Å². The van der Waals surface area contributed by atoms with Crippen LogP contribution in [-0.4, -0.2) is 56.8 Å². The van der Waals surface area contributed by atoms with Gasteiger partial charge in [-0.25, -0.2) is 17.8 Å². The number of nitrogens with one attached hydrogen (secondary N) is 1. The minimum Gasteiger partial charge on any atom is -0.495 e. The highest BCUT2D eigenvalue weighted by molar-refractivity contribution is 7.91. The fourth-order valence-electron chi connectivity index (χ4n) is 3.35. The SMILES string of the molecule is COc1ccc(S(=O)(=O)c2ccccn2)cc1NC1CCN(C(C)C)CC1F. The van der Waals surface area contributed by atoms with E-state index in [0.29, 0.717) is 30.4 Å². The third kappa shape index (κ3) is 4.28. The third-order valence-electron chi connectivity index (χ3n) is 5.04. The predicted molar refractivity (Wildman–Crippen MR) is 106 cm³/mol. The van der Waals surface area contributed by atoms with Crippen LogP contribution in [0.5, 0.6) is 5.75 Å². The third-order valence-corrected chi connectivity index (χ3v) is 6.71. The van der Waals surface area contributed by atoms with Crippen LogP contribution < -0.4 is 10.1 Å². The molecule has 1 aliphatic heterocycles. The number of sulfone groups is 1. The molecule has 0 amide bonds. The smallest absolute Gasteiger partial charge is 0.223 e. The van der Waals surface area contributed by atoms with E-state index < -0.39 is 22.1 Å². The maximum atomic E-state index is 14.7. The van der Waals surface area contributed by atoms with E-state index >= 15 is 0 Å². The molecule has 2 heterocycles. The number of piperidine rings is 1. The topological polar surface area (TPSA) is 71.5 Å². The van der Waals surface area contributed by atoms with Gasteiger partial charge in [0.2, 0.25) is 9.84 Å². The number of pyridine rings is 1. The van der Waals surface area contributed by atoms with Gasteiger partial charge in [0.05, 0.1) is 23.7 Å². The van der Waals surface area contributed by atoms with Crippen LogP contribution in [0.25, 0.3) is 0 Å². The van der Waals surface area contributed by atoms with Gasteiger partial charge >= 0.3 is 0 Å². The highest BCUT2D eigenvalue weighted by Crippen LogP contribution is 2.32. The summed E-state index contributed by atoms with van der Waals surface area (Å²) in [7, 11) is -2.27. The summed E-state index contributed by atoms with van der Waals surface area (Å²) in [6, 6.07) is 9.16. The lowest BCUT2D eigenvalue weighted by atomic mass is 10.0. The van der Waals surface area contributed by atoms with Gasteiger partial charge in [-0.05, 0) is 50.6 Å². The molecule has 0 radical (unpaired) electrons. The minimum atomic E-state index is -3.77. The maximum absolute atomic E-state index is 14.7. The van der Waals surface area contributed by atoms with Gasteiger partial charge in [0.1, 0.15) is 11.9 Å². The van der Waals surface area contributed by atoms with Crippen molar-refractivity contribution in [3.8, 4) is 5.75 Å². The first-order chi connectivity index (χ1) is 13.3. The molecule has 1 aliphatic rings. The van der Waals surface area contributed by atoms with Crippen molar-refractivity contribution in [3.63, 3.8) is 0 Å². The van der Waals surface area contributed by atoms with Gasteiger partial charge in [-0.15, -0.1) is 0 Å². The van der Waals surface area contributed by atoms with Crippen molar-refractivity contribution in [2.75, 3.05) is 25.5 Å². The fourth-order valence-corrected chi connectivity index (χ4v) is 4.57. The lowest BCUT2D eigenvalue weighted by Crippen LogP contribution is -2.50. The number of hydrogen-bond donors (Lipinski definition) is 1. The number of halogens is 1. The van der Waals surface area contributed by atoms with Crippen molar-refractivity contribution in [2.24, 2.45) is 0 Å². The van der Waals surface area contributed by atoms with Crippen LogP contribution in [0, 0.1) is 0 Å². The van der Waals surface area contributed by atoms with Gasteiger partial charge in [0.25, 0.3) is 0 Å². The van der Waals surface area contributed by atoms with Crippen molar-refractivity contribution < 1.29 is 17.5 Å². The van der Waals surface area contributed by atoms with Crippen molar-refractivity contribution in [1.29, 1.82) is 0 Å². The van der Waals surface area contributed by atoms with E-state index in [9.17, 15) is 12.8 Å². The lowest BCUT2D eigenvalue weighted by Gasteiger charge is -2.37. The Morgan fingerprint density at radius 1 is 1.29 bits per heavy atom. The standard InChI is InChI=1S/C20H26FN3O3S/c1-14(2)24-11-9-17(16(21)13-24)23-18-12-15(7-8-19(18)27-3)28(25,26)20-6-4-5-10-22-20/h4-8,10,12,14,16-17,23H,9,11,13H2,1-3H3. The molecular weight excluding hydrogens is 381 g/mol. The molecule has 0 saturated carbocycles. The molecule has 1 fully saturated rings. The minimum absolute atomic E-state index is 0.0280. The van der Waals surface area contributed by atoms with Crippen LogP contribution in [-0.2, 0) is 9.84 Å². The number of benzene rings is 1. The summed E-state index contributed by atoms with van der Waals surface area (Å²) in [5, 5.41) is 3.13. The predicted octanol–water partition coefficient (Wildman–Crippen LogP) is 3.16. The molecule has 152 valence electrons. The first-order valence-corrected chi connectivity index (χ1v) is 10.8. The normalized spacial score (nSPS) is 20.9. The van der Waals surface area contributed by atoms with E-state index in [1.165, 1.54) is 31.5 Å². The van der Waals surface area contributed by atoms with Crippen LogP contribution in [0.15, 0.2) is 52.5 Å². The summed E-state index contributed by atoms with van der Waals surface area (Å²) in [6.07, 6.45) is 1.00. The summed E-state index contributed by atoms with van der Waals surface area (Å²) in [4.78, 5) is 6.13. The molecule has 28 heavy (non-hydrogen) atoms. The number of alkyl halides is 1. The Bertz CT molecular complexity index is 906. The number of anilines is 1. The van der Waals surface area contributed by atoms with Crippen LogP contribution in [0.2, 0.25) is 0 Å². The Hall–Kier alpha value is -2.19. The highest BCUT2D eigenvalue weighted by atomic mass is 32.2. The molecule has 3 rings (SSSR count). The van der Waals surface area contributed by atoms with Crippen LogP contribution >= 0.6 is 0 Å². The van der Waals surface area contributed by atoms with Crippen molar-refractivity contribution >= 4 is 15.5 Å². The molecular formula is C20H26FN3O3S. The zero-order valence-corrected chi connectivity index (χ0v) is 17.1. The summed E-state index contributed by atoms with van der Waals surface area (Å²) in [5.41, 5.74) is 0.463. The zero-order chi connectivity index (χ0) is 20.3. The zero-order valence-electron chi connectivity index (χ0n) is 16.3. The summed E-state index contributed by atoms with van der Waals surface area (Å²) >= 11 is 0. The summed E-state index contributed by atoms with van der Waals surface area (Å²) < 4.78 is 45.8. The molecule has 1 aromatic heterocycles. The second-order valence-electron chi connectivity index (χ2n) is 7.18. The molecule has 0 aliphatic carbocycles. The van der Waals surface area contributed by atoms with E-state index in [4.69, 9.17) is 4.74 Å². The average Bonchev–Trinajstić information content (AvgIpc) is 2.70. The molecule has 1 saturated heterocycles. The Kier molecular flexibility index (Phi) is 6.20. The van der Waals surface area contributed by atoms with Gasteiger partial charge < -0.3 is 10.1 Å². The van der Waals surface area contributed by atoms with Crippen LogP contribution in [0.4, 0.5) is 10.1 Å². The van der Waals surface area contributed by atoms with E-state index in [1.807, 2.05) is 0 Å². The van der Waals surface area contributed by atoms with Gasteiger partial charge in [-0.3, -0.25) is 4.90 Å². The van der Waals surface area contributed by atoms with Crippen molar-refractivity contribution in [1.82, 2.24) is 9.88 Å². The quantitative estimate of drug-likeness (QED) is 0.793. The Morgan fingerprint density at radius 3 is 2.68 bits per heavy atom. The number of aromatic nitrogens is 1. The Morgan fingerprint density at radius 2 is 2.07 bits per heavy atom. The van der Waals surface area contributed by atoms with Gasteiger partial charge in [-0.2, -0.15) is 0 Å². The Labute approximate surface area is 165 Å². The summed E-state index contributed by atoms with van der Waals surface area (Å²) in [6.45, 7) is 5.23. The molecule has 6 nitrogen and oxygen atoms in total. The molecule has 2 atom stereocenters. The van der Waals surface area contributed by atoms with Crippen LogP contribution in [0.1, 0.15) is 20.3 Å². The largest absolute Gasteiger partial charge is 0.495 e. The monoisotopic (exact) mass is 407 g/mol. The second-order valence-corrected chi connectivity index (χ2v) is 9.07. The van der Waals surface area contributed by atoms with E-state index in [-0.39, 0.29) is 9.92 Å². The number of methoxy groups -OCH3 is 1. The molecule has 2 aromatic rings. The number of ether oxygens (including phenoxy) is 1. The van der Waals surface area contributed by atoms with E-state index in [0.717, 1.165) is 6.54 Å². The number of rotatable bonds is 6. The van der Waals surface area contributed by atoms with Crippen LogP contribution in [0.3, 0.4) is 0 Å². The Balaban J connectivity index is 1.86. The fraction of sp³-hybridized carbons (Fsp3) is 0.450.